The summed E-state index contributed by atoms with van der Waals surface area (Å²) in [6.07, 6.45) is 9.73. The Balaban J connectivity index is -0.000000248. The molecule has 0 N–H and O–H groups in total. The molecule has 1 rings (SSSR count). The van der Waals surface area contributed by atoms with Crippen molar-refractivity contribution < 1.29 is 51.4 Å². The first-order chi connectivity index (χ1) is 9.35. The number of para-hydroxylation sites is 1. The van der Waals surface area contributed by atoms with E-state index in [1.54, 1.807) is 0 Å². The van der Waals surface area contributed by atoms with Crippen LogP contribution in [0.2, 0.25) is 0 Å². The molecule has 1 aromatic rings. The van der Waals surface area contributed by atoms with Crippen molar-refractivity contribution >= 4 is 5.69 Å². The summed E-state index contributed by atoms with van der Waals surface area (Å²) < 4.78 is 0. The zero-order chi connectivity index (χ0) is 14.8. The molecule has 0 aromatic heterocycles. The van der Waals surface area contributed by atoms with Crippen LogP contribution < -0.4 is 51.4 Å². The monoisotopic (exact) mass is 299 g/mol. The number of nitrogens with zero attached hydrogens (tertiary/aromatic N) is 1. The molecule has 1 nitrogen and oxygen atoms in total. The summed E-state index contributed by atoms with van der Waals surface area (Å²) in [5.41, 5.74) is 1.07. The first-order valence-corrected chi connectivity index (χ1v) is 7.35. The van der Waals surface area contributed by atoms with E-state index in [4.69, 9.17) is 0 Å². The van der Waals surface area contributed by atoms with Gasteiger partial charge in [-0.3, -0.25) is 0 Å². The Morgan fingerprint density at radius 2 is 1.70 bits per heavy atom. The van der Waals surface area contributed by atoms with Crippen molar-refractivity contribution in [3.05, 3.63) is 60.5 Å². The zero-order valence-electron chi connectivity index (χ0n) is 14.1. The van der Waals surface area contributed by atoms with Crippen LogP contribution in [0.5, 0.6) is 0 Å². The van der Waals surface area contributed by atoms with E-state index >= 15 is 0 Å². The molecule has 0 radical (unpaired) electrons. The van der Waals surface area contributed by atoms with Crippen LogP contribution in [0, 0.1) is 0 Å². The third kappa shape index (κ3) is 20.5. The van der Waals surface area contributed by atoms with Crippen LogP contribution in [0.25, 0.3) is 5.32 Å². The summed E-state index contributed by atoms with van der Waals surface area (Å²) in [4.78, 5) is 0. The number of hydrogen-bond acceptors (Lipinski definition) is 0. The van der Waals surface area contributed by atoms with Crippen molar-refractivity contribution in [1.29, 1.82) is 0 Å². The molecule has 0 amide bonds. The standard InChI is InChI=1S/C8H10N.C8H14.C2H6.K/c1-2-9-8-6-4-3-5-7-8;1-3-5-7-8-6-4-2;1-2;/h3-7H,2H2,1H3;3,5,7H,1,4,6,8H2,2H3;1-2H3;/q-1;;;+1/b;7-5-;;. The minimum Gasteiger partial charge on any atom is -0.685 e. The van der Waals surface area contributed by atoms with E-state index in [1.165, 1.54) is 19.3 Å². The van der Waals surface area contributed by atoms with Crippen LogP contribution in [0.1, 0.15) is 47.0 Å². The van der Waals surface area contributed by atoms with E-state index in [0.717, 1.165) is 12.2 Å². The third-order valence-electron chi connectivity index (χ3n) is 2.09. The van der Waals surface area contributed by atoms with Gasteiger partial charge in [0.1, 0.15) is 0 Å². The van der Waals surface area contributed by atoms with Gasteiger partial charge in [-0.1, -0.05) is 95.7 Å². The average Bonchev–Trinajstić information content (AvgIpc) is 2.48. The van der Waals surface area contributed by atoms with Gasteiger partial charge < -0.3 is 5.32 Å². The largest absolute Gasteiger partial charge is 1.00 e. The number of unbranched alkanes of at least 4 members (excludes halogenated alkanes) is 2. The van der Waals surface area contributed by atoms with Gasteiger partial charge in [-0.2, -0.15) is 0 Å². The molecule has 0 aliphatic carbocycles. The molecule has 1 aromatic carbocycles. The van der Waals surface area contributed by atoms with Crippen LogP contribution >= 0.6 is 0 Å². The maximum atomic E-state index is 4.21. The summed E-state index contributed by atoms with van der Waals surface area (Å²) in [6, 6.07) is 9.99. The second-order valence-electron chi connectivity index (χ2n) is 3.62. The van der Waals surface area contributed by atoms with Crippen LogP contribution in [0.3, 0.4) is 0 Å². The van der Waals surface area contributed by atoms with Gasteiger partial charge in [-0.15, -0.1) is 12.2 Å². The van der Waals surface area contributed by atoms with E-state index in [-0.39, 0.29) is 51.4 Å². The number of hydrogen-bond donors (Lipinski definition) is 0. The Bertz CT molecular complexity index is 294. The number of rotatable bonds is 6. The summed E-state index contributed by atoms with van der Waals surface area (Å²) in [5, 5.41) is 4.21. The molecular weight excluding hydrogens is 269 g/mol. The Kier molecular flexibility index (Phi) is 30.4. The van der Waals surface area contributed by atoms with Crippen molar-refractivity contribution in [2.45, 2.75) is 47.0 Å². The molecule has 0 atom stereocenters. The molecule has 0 aliphatic heterocycles. The molecule has 0 saturated heterocycles. The number of allylic oxidation sites excluding steroid dienone is 3. The van der Waals surface area contributed by atoms with Gasteiger partial charge >= 0.3 is 51.4 Å². The van der Waals surface area contributed by atoms with Crippen LogP contribution in [0.4, 0.5) is 5.69 Å². The van der Waals surface area contributed by atoms with Crippen molar-refractivity contribution in [3.63, 3.8) is 0 Å². The summed E-state index contributed by atoms with van der Waals surface area (Å²) in [7, 11) is 0. The van der Waals surface area contributed by atoms with Gasteiger partial charge in [0.25, 0.3) is 0 Å². The van der Waals surface area contributed by atoms with Gasteiger partial charge in [0.2, 0.25) is 0 Å². The maximum absolute atomic E-state index is 4.21. The predicted octanol–water partition coefficient (Wildman–Crippen LogP) is 3.66. The third-order valence-corrected chi connectivity index (χ3v) is 2.09. The van der Waals surface area contributed by atoms with E-state index < -0.39 is 0 Å². The fourth-order valence-electron chi connectivity index (χ4n) is 1.23. The normalized spacial score (nSPS) is 8.40. The van der Waals surface area contributed by atoms with E-state index in [2.05, 4.69) is 24.9 Å². The Morgan fingerprint density at radius 3 is 2.15 bits per heavy atom. The quantitative estimate of drug-likeness (QED) is 0.432. The Morgan fingerprint density at radius 1 is 1.10 bits per heavy atom. The van der Waals surface area contributed by atoms with Crippen LogP contribution in [-0.2, 0) is 0 Å². The Hall–Kier alpha value is 0.136. The molecular formula is C18H30KN. The van der Waals surface area contributed by atoms with Gasteiger partial charge in [0.15, 0.2) is 0 Å². The minimum absolute atomic E-state index is 0. The van der Waals surface area contributed by atoms with E-state index in [9.17, 15) is 0 Å². The Labute approximate surface area is 169 Å². The average molecular weight is 300 g/mol. The second kappa shape index (κ2) is 24.2. The number of benzene rings is 1. The van der Waals surface area contributed by atoms with E-state index in [0.29, 0.717) is 0 Å². The van der Waals surface area contributed by atoms with Crippen molar-refractivity contribution in [3.8, 4) is 0 Å². The molecule has 0 spiro atoms. The molecule has 2 heteroatoms. The molecule has 0 fully saturated rings. The van der Waals surface area contributed by atoms with Gasteiger partial charge in [-0.05, 0) is 6.42 Å². The molecule has 0 heterocycles. The molecule has 0 saturated carbocycles. The first-order valence-electron chi connectivity index (χ1n) is 7.35. The van der Waals surface area contributed by atoms with Gasteiger partial charge in [0, 0.05) is 0 Å². The molecule has 0 aliphatic rings. The van der Waals surface area contributed by atoms with Crippen molar-refractivity contribution in [2.75, 3.05) is 6.54 Å². The molecule has 108 valence electrons. The molecule has 0 bridgehead atoms. The zero-order valence-corrected chi connectivity index (χ0v) is 17.2. The van der Waals surface area contributed by atoms with Crippen molar-refractivity contribution in [2.24, 2.45) is 0 Å². The molecule has 20 heavy (non-hydrogen) atoms. The fraction of sp³-hybridized carbons (Fsp3) is 0.444. The summed E-state index contributed by atoms with van der Waals surface area (Å²) >= 11 is 0. The summed E-state index contributed by atoms with van der Waals surface area (Å²) in [6.45, 7) is 12.7. The van der Waals surface area contributed by atoms with Crippen molar-refractivity contribution in [1.82, 2.24) is 0 Å². The van der Waals surface area contributed by atoms with Crippen LogP contribution in [-0.4, -0.2) is 6.54 Å². The van der Waals surface area contributed by atoms with Crippen LogP contribution in [0.15, 0.2) is 55.1 Å². The second-order valence-corrected chi connectivity index (χ2v) is 3.62. The minimum atomic E-state index is 0. The fourth-order valence-corrected chi connectivity index (χ4v) is 1.23. The smallest absolute Gasteiger partial charge is 0.685 e. The van der Waals surface area contributed by atoms with E-state index in [1.807, 2.05) is 63.3 Å². The SMILES string of the molecule is C=C/C=C\CCCC.CC.CC[N-]c1ccccc1.[K+]. The molecule has 0 unspecified atom stereocenters. The summed E-state index contributed by atoms with van der Waals surface area (Å²) in [5.74, 6) is 0. The maximum Gasteiger partial charge on any atom is 1.00 e. The van der Waals surface area contributed by atoms with Gasteiger partial charge in [0.05, 0.1) is 0 Å². The van der Waals surface area contributed by atoms with Gasteiger partial charge in [-0.25, -0.2) is 0 Å². The topological polar surface area (TPSA) is 14.1 Å². The first kappa shape index (κ1) is 25.1. The predicted molar refractivity (Wildman–Crippen MR) is 90.2 cm³/mol.